The molecule has 0 spiro atoms. The highest BCUT2D eigenvalue weighted by Gasteiger charge is 2.38. The number of hydrogen-bond acceptors (Lipinski definition) is 1. The molecule has 0 amide bonds. The predicted molar refractivity (Wildman–Crippen MR) is 91.6 cm³/mol. The van der Waals surface area contributed by atoms with Crippen LogP contribution >= 0.6 is 0 Å². The molecule has 0 aromatic heterocycles. The van der Waals surface area contributed by atoms with Gasteiger partial charge in [-0.3, -0.25) is 4.90 Å². The van der Waals surface area contributed by atoms with E-state index in [0.717, 1.165) is 6.54 Å². The van der Waals surface area contributed by atoms with Crippen LogP contribution in [0.2, 0.25) is 0 Å². The molecule has 1 rings (SSSR count). The first-order valence-electron chi connectivity index (χ1n) is 9.67. The molecule has 1 aliphatic heterocycles. The predicted octanol–water partition coefficient (Wildman–Crippen LogP) is 6.27. The van der Waals surface area contributed by atoms with Crippen LogP contribution in [-0.2, 0) is 0 Å². The maximum absolute atomic E-state index is 13.3. The number of hydrogen-bond donors (Lipinski definition) is 0. The van der Waals surface area contributed by atoms with Crippen molar-refractivity contribution in [1.29, 1.82) is 0 Å². The van der Waals surface area contributed by atoms with Gasteiger partial charge >= 0.3 is 0 Å². The van der Waals surface area contributed by atoms with Crippen molar-refractivity contribution in [3.05, 3.63) is 0 Å². The second-order valence-corrected chi connectivity index (χ2v) is 7.26. The summed E-state index contributed by atoms with van der Waals surface area (Å²) in [5.41, 5.74) is 0. The molecule has 0 bridgehead atoms. The van der Waals surface area contributed by atoms with Crippen LogP contribution in [0, 0.1) is 5.92 Å². The topological polar surface area (TPSA) is 3.24 Å². The van der Waals surface area contributed by atoms with E-state index in [9.17, 15) is 8.78 Å². The van der Waals surface area contributed by atoms with Crippen LogP contribution < -0.4 is 0 Å². The minimum atomic E-state index is -2.44. The fraction of sp³-hybridized carbons (Fsp3) is 1.00. The molecular formula is C19H37F2N. The van der Waals surface area contributed by atoms with Crippen molar-refractivity contribution in [2.75, 3.05) is 19.6 Å². The van der Waals surface area contributed by atoms with Gasteiger partial charge < -0.3 is 0 Å². The smallest absolute Gasteiger partial charge is 0.261 e. The van der Waals surface area contributed by atoms with Crippen LogP contribution in [0.4, 0.5) is 8.78 Å². The van der Waals surface area contributed by atoms with E-state index in [1.165, 1.54) is 70.6 Å². The normalized spacial score (nSPS) is 19.6. The van der Waals surface area contributed by atoms with Gasteiger partial charge in [-0.2, -0.15) is 0 Å². The Balaban J connectivity index is 2.27. The maximum atomic E-state index is 13.3. The average Bonchev–Trinajstić information content (AvgIpc) is 2.82. The summed E-state index contributed by atoms with van der Waals surface area (Å²) in [4.78, 5) is 2.01. The Hall–Kier alpha value is -0.180. The third kappa shape index (κ3) is 9.07. The lowest BCUT2D eigenvalue weighted by Crippen LogP contribution is -2.30. The van der Waals surface area contributed by atoms with Gasteiger partial charge in [0, 0.05) is 19.5 Å². The largest absolute Gasteiger partial charge is 0.297 e. The van der Waals surface area contributed by atoms with Crippen LogP contribution in [0.3, 0.4) is 0 Å². The minimum Gasteiger partial charge on any atom is -0.297 e. The van der Waals surface area contributed by atoms with E-state index >= 15 is 0 Å². The zero-order valence-electron chi connectivity index (χ0n) is 14.9. The van der Waals surface area contributed by atoms with E-state index < -0.39 is 5.92 Å². The highest BCUT2D eigenvalue weighted by Crippen LogP contribution is 2.29. The van der Waals surface area contributed by atoms with E-state index in [4.69, 9.17) is 0 Å². The highest BCUT2D eigenvalue weighted by atomic mass is 19.3. The fourth-order valence-corrected chi connectivity index (χ4v) is 3.55. The number of halogens is 2. The molecule has 0 aromatic carbocycles. The lowest BCUT2D eigenvalue weighted by molar-refractivity contribution is 0.0105. The third-order valence-electron chi connectivity index (χ3n) is 4.95. The van der Waals surface area contributed by atoms with Gasteiger partial charge in [0.1, 0.15) is 0 Å². The van der Waals surface area contributed by atoms with Crippen molar-refractivity contribution in [2.45, 2.75) is 96.8 Å². The van der Waals surface area contributed by atoms with Crippen molar-refractivity contribution in [2.24, 2.45) is 5.92 Å². The van der Waals surface area contributed by atoms with Gasteiger partial charge in [-0.1, -0.05) is 71.6 Å². The van der Waals surface area contributed by atoms with Gasteiger partial charge in [0.15, 0.2) is 0 Å². The van der Waals surface area contributed by atoms with Crippen LogP contribution in [0.5, 0.6) is 0 Å². The molecule has 0 saturated carbocycles. The summed E-state index contributed by atoms with van der Waals surface area (Å²) in [5, 5.41) is 0. The Morgan fingerprint density at radius 2 is 1.41 bits per heavy atom. The summed E-state index contributed by atoms with van der Waals surface area (Å²) in [6.45, 7) is 5.96. The molecule has 1 aliphatic rings. The second-order valence-electron chi connectivity index (χ2n) is 7.26. The first-order valence-corrected chi connectivity index (χ1v) is 9.67. The fourth-order valence-electron chi connectivity index (χ4n) is 3.55. The zero-order chi connectivity index (χ0) is 16.3. The molecule has 1 heterocycles. The summed E-state index contributed by atoms with van der Waals surface area (Å²) in [6, 6.07) is 0. The number of likely N-dealkylation sites (tertiary alicyclic amines) is 1. The molecule has 1 fully saturated rings. The number of rotatable bonds is 13. The number of alkyl halides is 2. The van der Waals surface area contributed by atoms with E-state index in [0.29, 0.717) is 12.5 Å². The zero-order valence-corrected chi connectivity index (χ0v) is 14.9. The second kappa shape index (κ2) is 11.4. The summed E-state index contributed by atoms with van der Waals surface area (Å²) >= 11 is 0. The van der Waals surface area contributed by atoms with Crippen LogP contribution in [-0.4, -0.2) is 30.5 Å². The van der Waals surface area contributed by atoms with Gasteiger partial charge in [-0.15, -0.1) is 0 Å². The number of nitrogens with zero attached hydrogens (tertiary/aromatic N) is 1. The molecule has 1 saturated heterocycles. The quantitative estimate of drug-likeness (QED) is 0.362. The molecule has 0 N–H and O–H groups in total. The molecule has 1 nitrogen and oxygen atoms in total. The average molecular weight is 318 g/mol. The SMILES string of the molecule is CCCCCCCC(CCCCCC)CN1CCC(F)(F)C1. The molecule has 0 aliphatic carbocycles. The van der Waals surface area contributed by atoms with Crippen LogP contribution in [0.1, 0.15) is 90.9 Å². The van der Waals surface area contributed by atoms with E-state index in [1.54, 1.807) is 0 Å². The first-order chi connectivity index (χ1) is 10.6. The van der Waals surface area contributed by atoms with Gasteiger partial charge in [-0.05, 0) is 18.8 Å². The summed E-state index contributed by atoms with van der Waals surface area (Å²) in [7, 11) is 0. The Labute approximate surface area is 136 Å². The Bertz CT molecular complexity index is 268. The lowest BCUT2D eigenvalue weighted by Gasteiger charge is -2.24. The van der Waals surface area contributed by atoms with Crippen molar-refractivity contribution in [1.82, 2.24) is 4.90 Å². The molecule has 1 unspecified atom stereocenters. The van der Waals surface area contributed by atoms with Crippen molar-refractivity contribution >= 4 is 0 Å². The third-order valence-corrected chi connectivity index (χ3v) is 4.95. The van der Waals surface area contributed by atoms with E-state index in [1.807, 2.05) is 4.90 Å². The standard InChI is InChI=1S/C19H37F2N/c1-3-5-7-9-11-13-18(12-10-8-6-4-2)16-22-15-14-19(20,21)17-22/h18H,3-17H2,1-2H3. The highest BCUT2D eigenvalue weighted by molar-refractivity contribution is 4.83. The van der Waals surface area contributed by atoms with E-state index in [2.05, 4.69) is 13.8 Å². The summed E-state index contributed by atoms with van der Waals surface area (Å²) in [5.74, 6) is -1.80. The molecule has 3 heteroatoms. The Morgan fingerprint density at radius 3 is 1.91 bits per heavy atom. The van der Waals surface area contributed by atoms with Crippen LogP contribution in [0.25, 0.3) is 0 Å². The molecular weight excluding hydrogens is 280 g/mol. The first kappa shape index (κ1) is 19.9. The van der Waals surface area contributed by atoms with Crippen LogP contribution in [0.15, 0.2) is 0 Å². The Morgan fingerprint density at radius 1 is 0.864 bits per heavy atom. The van der Waals surface area contributed by atoms with Gasteiger partial charge in [-0.25, -0.2) is 8.78 Å². The molecule has 0 aromatic rings. The monoisotopic (exact) mass is 317 g/mol. The molecule has 1 atom stereocenters. The minimum absolute atomic E-state index is 0.00566. The van der Waals surface area contributed by atoms with Crippen molar-refractivity contribution in [3.8, 4) is 0 Å². The lowest BCUT2D eigenvalue weighted by atomic mass is 9.94. The summed E-state index contributed by atoms with van der Waals surface area (Å²) in [6.07, 6.45) is 14.2. The molecule has 0 radical (unpaired) electrons. The van der Waals surface area contributed by atoms with E-state index in [-0.39, 0.29) is 13.0 Å². The van der Waals surface area contributed by atoms with Gasteiger partial charge in [0.05, 0.1) is 6.54 Å². The molecule has 132 valence electrons. The maximum Gasteiger partial charge on any atom is 0.261 e. The summed E-state index contributed by atoms with van der Waals surface area (Å²) < 4.78 is 26.7. The Kier molecular flexibility index (Phi) is 10.3. The van der Waals surface area contributed by atoms with Gasteiger partial charge in [0.2, 0.25) is 0 Å². The van der Waals surface area contributed by atoms with Crippen molar-refractivity contribution in [3.63, 3.8) is 0 Å². The van der Waals surface area contributed by atoms with Gasteiger partial charge in [0.25, 0.3) is 5.92 Å². The van der Waals surface area contributed by atoms with Crippen molar-refractivity contribution < 1.29 is 8.78 Å². The molecule has 22 heavy (non-hydrogen) atoms. The number of unbranched alkanes of at least 4 members (excludes halogenated alkanes) is 7.